The topological polar surface area (TPSA) is 79.3 Å². The molecule has 1 amide bonds. The number of pyridine rings is 1. The zero-order chi connectivity index (χ0) is 15.6. The minimum absolute atomic E-state index is 0.0230. The van der Waals surface area contributed by atoms with Crippen LogP contribution in [0.1, 0.15) is 44.1 Å². The van der Waals surface area contributed by atoms with Gasteiger partial charge in [-0.1, -0.05) is 26.8 Å². The molecule has 1 fully saturated rings. The van der Waals surface area contributed by atoms with Gasteiger partial charge in [0, 0.05) is 12.2 Å². The molecular formula is C16H22N2O3. The molecule has 5 heteroatoms. The molecule has 1 aliphatic rings. The smallest absolute Gasteiger partial charge is 0.307 e. The Morgan fingerprint density at radius 1 is 1.33 bits per heavy atom. The van der Waals surface area contributed by atoms with Gasteiger partial charge in [-0.25, -0.2) is 0 Å². The summed E-state index contributed by atoms with van der Waals surface area (Å²) in [6, 6.07) is 5.19. The molecule has 1 heterocycles. The molecule has 3 atom stereocenters. The number of rotatable bonds is 3. The van der Waals surface area contributed by atoms with Crippen LogP contribution in [-0.2, 0) is 4.79 Å². The Morgan fingerprint density at radius 2 is 2.05 bits per heavy atom. The SMILES string of the molecule is CC1C(NC(=O)c2ccccn2)CCC(C(=O)O)C1(C)C. The molecule has 0 bridgehead atoms. The third-order valence-corrected chi connectivity index (χ3v) is 4.95. The number of nitrogens with one attached hydrogen (secondary N) is 1. The summed E-state index contributed by atoms with van der Waals surface area (Å²) in [5, 5.41) is 12.3. The number of amides is 1. The van der Waals surface area contributed by atoms with Crippen LogP contribution in [0, 0.1) is 17.3 Å². The minimum atomic E-state index is -0.749. The molecule has 114 valence electrons. The fraction of sp³-hybridized carbons (Fsp3) is 0.562. The van der Waals surface area contributed by atoms with Gasteiger partial charge in [0.05, 0.1) is 5.92 Å². The number of carbonyl (C=O) groups is 2. The van der Waals surface area contributed by atoms with E-state index < -0.39 is 5.97 Å². The Kier molecular flexibility index (Phi) is 4.30. The molecule has 3 unspecified atom stereocenters. The van der Waals surface area contributed by atoms with Crippen molar-refractivity contribution < 1.29 is 14.7 Å². The van der Waals surface area contributed by atoms with Crippen molar-refractivity contribution in [3.63, 3.8) is 0 Å². The predicted octanol–water partition coefficient (Wildman–Crippen LogP) is 2.34. The fourth-order valence-corrected chi connectivity index (χ4v) is 3.18. The van der Waals surface area contributed by atoms with Gasteiger partial charge in [0.2, 0.25) is 0 Å². The summed E-state index contributed by atoms with van der Waals surface area (Å²) in [7, 11) is 0. The van der Waals surface area contributed by atoms with E-state index in [2.05, 4.69) is 10.3 Å². The largest absolute Gasteiger partial charge is 0.481 e. The molecule has 2 rings (SSSR count). The van der Waals surface area contributed by atoms with Crippen LogP contribution in [0.25, 0.3) is 0 Å². The van der Waals surface area contributed by atoms with Gasteiger partial charge in [0.25, 0.3) is 5.91 Å². The highest BCUT2D eigenvalue weighted by molar-refractivity contribution is 5.92. The summed E-state index contributed by atoms with van der Waals surface area (Å²) in [5.41, 5.74) is 0.0365. The highest BCUT2D eigenvalue weighted by atomic mass is 16.4. The molecule has 1 aromatic heterocycles. The maximum absolute atomic E-state index is 12.2. The second-order valence-corrected chi connectivity index (χ2v) is 6.37. The van der Waals surface area contributed by atoms with Crippen LogP contribution in [0.5, 0.6) is 0 Å². The highest BCUT2D eigenvalue weighted by Gasteiger charge is 2.46. The summed E-state index contributed by atoms with van der Waals surface area (Å²) < 4.78 is 0. The summed E-state index contributed by atoms with van der Waals surface area (Å²) in [6.45, 7) is 5.95. The number of carboxylic acids is 1. The van der Waals surface area contributed by atoms with Gasteiger partial charge in [-0.2, -0.15) is 0 Å². The van der Waals surface area contributed by atoms with Gasteiger partial charge < -0.3 is 10.4 Å². The summed E-state index contributed by atoms with van der Waals surface area (Å²) in [6.07, 6.45) is 2.85. The van der Waals surface area contributed by atoms with E-state index in [1.165, 1.54) is 0 Å². The number of carboxylic acid groups (broad SMARTS) is 1. The molecular weight excluding hydrogens is 268 g/mol. The van der Waals surface area contributed by atoms with E-state index in [0.29, 0.717) is 18.5 Å². The predicted molar refractivity (Wildman–Crippen MR) is 78.8 cm³/mol. The van der Waals surface area contributed by atoms with E-state index in [-0.39, 0.29) is 29.2 Å². The van der Waals surface area contributed by atoms with E-state index in [0.717, 1.165) is 0 Å². The zero-order valence-electron chi connectivity index (χ0n) is 12.7. The lowest BCUT2D eigenvalue weighted by molar-refractivity contribution is -0.150. The third kappa shape index (κ3) is 3.06. The zero-order valence-corrected chi connectivity index (χ0v) is 12.7. The average Bonchev–Trinajstić information content (AvgIpc) is 2.44. The van der Waals surface area contributed by atoms with Gasteiger partial charge in [-0.3, -0.25) is 14.6 Å². The van der Waals surface area contributed by atoms with Crippen LogP contribution >= 0.6 is 0 Å². The molecule has 0 aliphatic heterocycles. The van der Waals surface area contributed by atoms with E-state index in [9.17, 15) is 14.7 Å². The number of aliphatic carboxylic acids is 1. The third-order valence-electron chi connectivity index (χ3n) is 4.95. The van der Waals surface area contributed by atoms with Crippen molar-refractivity contribution in [3.8, 4) is 0 Å². The van der Waals surface area contributed by atoms with Crippen LogP contribution in [-0.4, -0.2) is 28.0 Å². The van der Waals surface area contributed by atoms with Crippen molar-refractivity contribution in [3.05, 3.63) is 30.1 Å². The lowest BCUT2D eigenvalue weighted by Gasteiger charge is -2.46. The summed E-state index contributed by atoms with van der Waals surface area (Å²) in [4.78, 5) is 27.6. The van der Waals surface area contributed by atoms with Crippen molar-refractivity contribution in [2.24, 2.45) is 17.3 Å². The van der Waals surface area contributed by atoms with Gasteiger partial charge in [-0.05, 0) is 36.3 Å². The van der Waals surface area contributed by atoms with E-state index in [1.807, 2.05) is 20.8 Å². The van der Waals surface area contributed by atoms with Crippen molar-refractivity contribution in [2.45, 2.75) is 39.7 Å². The molecule has 21 heavy (non-hydrogen) atoms. The number of nitrogens with zero attached hydrogens (tertiary/aromatic N) is 1. The first-order valence-corrected chi connectivity index (χ1v) is 7.28. The molecule has 5 nitrogen and oxygen atoms in total. The van der Waals surface area contributed by atoms with Crippen molar-refractivity contribution in [1.29, 1.82) is 0 Å². The van der Waals surface area contributed by atoms with Crippen molar-refractivity contribution in [2.75, 3.05) is 0 Å². The fourth-order valence-electron chi connectivity index (χ4n) is 3.18. The second-order valence-electron chi connectivity index (χ2n) is 6.37. The van der Waals surface area contributed by atoms with Crippen molar-refractivity contribution >= 4 is 11.9 Å². The first kappa shape index (κ1) is 15.5. The van der Waals surface area contributed by atoms with Crippen LogP contribution in [0.2, 0.25) is 0 Å². The van der Waals surface area contributed by atoms with Gasteiger partial charge in [0.15, 0.2) is 0 Å². The minimum Gasteiger partial charge on any atom is -0.481 e. The van der Waals surface area contributed by atoms with Crippen LogP contribution in [0.4, 0.5) is 0 Å². The van der Waals surface area contributed by atoms with E-state index in [1.54, 1.807) is 24.4 Å². The normalized spacial score (nSPS) is 27.9. The summed E-state index contributed by atoms with van der Waals surface area (Å²) in [5.74, 6) is -1.23. The van der Waals surface area contributed by atoms with Crippen LogP contribution in [0.3, 0.4) is 0 Å². The molecule has 0 aromatic carbocycles. The number of carbonyl (C=O) groups excluding carboxylic acids is 1. The van der Waals surface area contributed by atoms with Gasteiger partial charge >= 0.3 is 5.97 Å². The standard InChI is InChI=1S/C16H22N2O3/c1-10-12(8-7-11(15(20)21)16(10,2)3)18-14(19)13-6-4-5-9-17-13/h4-6,9-12H,7-8H2,1-3H3,(H,18,19)(H,20,21). The van der Waals surface area contributed by atoms with Crippen molar-refractivity contribution in [1.82, 2.24) is 10.3 Å². The highest BCUT2D eigenvalue weighted by Crippen LogP contribution is 2.45. The Balaban J connectivity index is 2.09. The maximum Gasteiger partial charge on any atom is 0.307 e. The second kappa shape index (κ2) is 5.84. The molecule has 0 radical (unpaired) electrons. The maximum atomic E-state index is 12.2. The number of hydrogen-bond acceptors (Lipinski definition) is 3. The van der Waals surface area contributed by atoms with E-state index >= 15 is 0 Å². The molecule has 2 N–H and O–H groups in total. The quantitative estimate of drug-likeness (QED) is 0.895. The first-order chi connectivity index (χ1) is 9.84. The molecule has 1 aliphatic carbocycles. The summed E-state index contributed by atoms with van der Waals surface area (Å²) >= 11 is 0. The van der Waals surface area contributed by atoms with Gasteiger partial charge in [0.1, 0.15) is 5.69 Å². The molecule has 1 aromatic rings. The Morgan fingerprint density at radius 3 is 2.62 bits per heavy atom. The lowest BCUT2D eigenvalue weighted by atomic mass is 9.61. The van der Waals surface area contributed by atoms with Gasteiger partial charge in [-0.15, -0.1) is 0 Å². The Labute approximate surface area is 124 Å². The van der Waals surface area contributed by atoms with Crippen LogP contribution < -0.4 is 5.32 Å². The average molecular weight is 290 g/mol. The molecule has 0 spiro atoms. The lowest BCUT2D eigenvalue weighted by Crippen LogP contribution is -2.52. The molecule has 1 saturated carbocycles. The molecule has 0 saturated heterocycles. The first-order valence-electron chi connectivity index (χ1n) is 7.28. The van der Waals surface area contributed by atoms with E-state index in [4.69, 9.17) is 0 Å². The number of hydrogen-bond donors (Lipinski definition) is 2. The number of aromatic nitrogens is 1. The van der Waals surface area contributed by atoms with Crippen LogP contribution in [0.15, 0.2) is 24.4 Å². The Hall–Kier alpha value is -1.91. The monoisotopic (exact) mass is 290 g/mol. The Bertz CT molecular complexity index is 528.